The van der Waals surface area contributed by atoms with E-state index in [-0.39, 0.29) is 0 Å². The first-order valence-electron chi connectivity index (χ1n) is 5.03. The van der Waals surface area contributed by atoms with Crippen molar-refractivity contribution in [2.45, 2.75) is 44.7 Å². The zero-order valence-electron chi connectivity index (χ0n) is 8.11. The molecule has 0 aliphatic heterocycles. The van der Waals surface area contributed by atoms with E-state index in [1.807, 2.05) is 6.92 Å². The Morgan fingerprint density at radius 1 is 1.54 bits per heavy atom. The fourth-order valence-electron chi connectivity index (χ4n) is 2.08. The summed E-state index contributed by atoms with van der Waals surface area (Å²) in [7, 11) is 0. The van der Waals surface area contributed by atoms with Crippen LogP contribution >= 0.6 is 0 Å². The van der Waals surface area contributed by atoms with E-state index in [4.69, 9.17) is 5.73 Å². The summed E-state index contributed by atoms with van der Waals surface area (Å²) >= 11 is 0. The molecule has 1 aliphatic rings. The molecule has 2 rings (SSSR count). The van der Waals surface area contributed by atoms with Gasteiger partial charge in [0, 0.05) is 12.2 Å². The van der Waals surface area contributed by atoms with E-state index in [1.54, 1.807) is 0 Å². The van der Waals surface area contributed by atoms with E-state index in [2.05, 4.69) is 22.0 Å². The van der Waals surface area contributed by atoms with Gasteiger partial charge in [-0.15, -0.1) is 0 Å². The van der Waals surface area contributed by atoms with Gasteiger partial charge < -0.3 is 5.73 Å². The van der Waals surface area contributed by atoms with Crippen molar-refractivity contribution in [1.82, 2.24) is 9.78 Å². The zero-order chi connectivity index (χ0) is 9.26. The Morgan fingerprint density at radius 2 is 2.38 bits per heavy atom. The van der Waals surface area contributed by atoms with E-state index in [1.165, 1.54) is 19.3 Å². The van der Waals surface area contributed by atoms with Crippen LogP contribution in [0.25, 0.3) is 0 Å². The van der Waals surface area contributed by atoms with Crippen molar-refractivity contribution < 1.29 is 0 Å². The first-order valence-corrected chi connectivity index (χ1v) is 5.03. The standard InChI is InChI=1S/C10H17N3/c1-8-5-6-13(12-8)10-4-2-3-9(11)7-10/h5-6,9-10H,2-4,7,11H2,1H3. The van der Waals surface area contributed by atoms with Crippen molar-refractivity contribution in [1.29, 1.82) is 0 Å². The summed E-state index contributed by atoms with van der Waals surface area (Å²) < 4.78 is 2.08. The molecule has 2 N–H and O–H groups in total. The van der Waals surface area contributed by atoms with Crippen LogP contribution in [0.2, 0.25) is 0 Å². The predicted molar refractivity (Wildman–Crippen MR) is 52.4 cm³/mol. The first-order chi connectivity index (χ1) is 6.25. The van der Waals surface area contributed by atoms with Crippen LogP contribution in [0.1, 0.15) is 37.4 Å². The van der Waals surface area contributed by atoms with E-state index in [9.17, 15) is 0 Å². The van der Waals surface area contributed by atoms with E-state index in [0.717, 1.165) is 12.1 Å². The second-order valence-electron chi connectivity index (χ2n) is 4.02. The second-order valence-corrected chi connectivity index (χ2v) is 4.02. The summed E-state index contributed by atoms with van der Waals surface area (Å²) in [6, 6.07) is 2.97. The van der Waals surface area contributed by atoms with Crippen LogP contribution in [0.15, 0.2) is 12.3 Å². The highest BCUT2D eigenvalue weighted by molar-refractivity contribution is 4.96. The Morgan fingerprint density at radius 3 is 3.00 bits per heavy atom. The molecule has 0 saturated heterocycles. The summed E-state index contributed by atoms with van der Waals surface area (Å²) in [6.07, 6.45) is 6.80. The first kappa shape index (κ1) is 8.75. The highest BCUT2D eigenvalue weighted by Crippen LogP contribution is 2.26. The number of nitrogens with zero attached hydrogens (tertiary/aromatic N) is 2. The molecule has 0 amide bonds. The van der Waals surface area contributed by atoms with Gasteiger partial charge in [0.25, 0.3) is 0 Å². The Bertz CT molecular complexity index is 279. The maximum absolute atomic E-state index is 5.93. The Kier molecular flexibility index (Phi) is 2.36. The monoisotopic (exact) mass is 179 g/mol. The molecule has 0 radical (unpaired) electrons. The summed E-state index contributed by atoms with van der Waals surface area (Å²) in [4.78, 5) is 0. The fraction of sp³-hybridized carbons (Fsp3) is 0.700. The number of aryl methyl sites for hydroxylation is 1. The molecule has 1 heterocycles. The average Bonchev–Trinajstić information content (AvgIpc) is 2.52. The third-order valence-electron chi connectivity index (χ3n) is 2.80. The summed E-state index contributed by atoms with van der Waals surface area (Å²) in [5.41, 5.74) is 7.02. The zero-order valence-corrected chi connectivity index (χ0v) is 8.11. The highest BCUT2D eigenvalue weighted by Gasteiger charge is 2.20. The summed E-state index contributed by atoms with van der Waals surface area (Å²) in [5.74, 6) is 0. The van der Waals surface area contributed by atoms with Crippen LogP contribution in [-0.2, 0) is 0 Å². The van der Waals surface area contributed by atoms with Crippen molar-refractivity contribution >= 4 is 0 Å². The SMILES string of the molecule is Cc1ccn(C2CCCC(N)C2)n1. The maximum atomic E-state index is 5.93. The van der Waals surface area contributed by atoms with Gasteiger partial charge in [0.2, 0.25) is 0 Å². The van der Waals surface area contributed by atoms with Gasteiger partial charge in [0.1, 0.15) is 0 Å². The topological polar surface area (TPSA) is 43.8 Å². The van der Waals surface area contributed by atoms with Crippen molar-refractivity contribution in [3.63, 3.8) is 0 Å². The minimum absolute atomic E-state index is 0.378. The predicted octanol–water partition coefficient (Wildman–Crippen LogP) is 1.63. The Labute approximate surface area is 78.9 Å². The lowest BCUT2D eigenvalue weighted by atomic mass is 9.92. The van der Waals surface area contributed by atoms with Gasteiger partial charge in [-0.05, 0) is 38.7 Å². The smallest absolute Gasteiger partial charge is 0.0593 e. The number of hydrogen-bond donors (Lipinski definition) is 1. The highest BCUT2D eigenvalue weighted by atomic mass is 15.3. The van der Waals surface area contributed by atoms with Crippen LogP contribution in [0.5, 0.6) is 0 Å². The van der Waals surface area contributed by atoms with Crippen LogP contribution in [0.3, 0.4) is 0 Å². The molecule has 0 bridgehead atoms. The molecule has 1 aliphatic carbocycles. The molecule has 1 fully saturated rings. The molecular formula is C10H17N3. The van der Waals surface area contributed by atoms with Gasteiger partial charge in [0.05, 0.1) is 11.7 Å². The third kappa shape index (κ3) is 1.91. The molecule has 1 aromatic heterocycles. The molecule has 3 nitrogen and oxygen atoms in total. The van der Waals surface area contributed by atoms with E-state index < -0.39 is 0 Å². The largest absolute Gasteiger partial charge is 0.328 e. The summed E-state index contributed by atoms with van der Waals surface area (Å²) in [6.45, 7) is 2.03. The minimum atomic E-state index is 0.378. The molecule has 0 spiro atoms. The number of hydrogen-bond acceptors (Lipinski definition) is 2. The normalized spacial score (nSPS) is 29.1. The fourth-order valence-corrected chi connectivity index (χ4v) is 2.08. The molecule has 3 heteroatoms. The van der Waals surface area contributed by atoms with Crippen molar-refractivity contribution in [3.8, 4) is 0 Å². The van der Waals surface area contributed by atoms with Gasteiger partial charge in [-0.2, -0.15) is 5.10 Å². The Balaban J connectivity index is 2.08. The average molecular weight is 179 g/mol. The van der Waals surface area contributed by atoms with Crippen molar-refractivity contribution in [2.75, 3.05) is 0 Å². The van der Waals surface area contributed by atoms with Crippen LogP contribution in [0, 0.1) is 6.92 Å². The van der Waals surface area contributed by atoms with E-state index >= 15 is 0 Å². The number of rotatable bonds is 1. The lowest BCUT2D eigenvalue weighted by Gasteiger charge is -2.26. The van der Waals surface area contributed by atoms with Gasteiger partial charge >= 0.3 is 0 Å². The molecular weight excluding hydrogens is 162 g/mol. The van der Waals surface area contributed by atoms with Gasteiger partial charge in [0.15, 0.2) is 0 Å². The molecule has 1 aromatic rings. The van der Waals surface area contributed by atoms with Crippen molar-refractivity contribution in [2.24, 2.45) is 5.73 Å². The lowest BCUT2D eigenvalue weighted by Crippen LogP contribution is -2.29. The number of aromatic nitrogens is 2. The van der Waals surface area contributed by atoms with Crippen LogP contribution in [-0.4, -0.2) is 15.8 Å². The van der Waals surface area contributed by atoms with E-state index in [0.29, 0.717) is 12.1 Å². The molecule has 2 atom stereocenters. The molecule has 72 valence electrons. The minimum Gasteiger partial charge on any atom is -0.328 e. The quantitative estimate of drug-likeness (QED) is 0.712. The summed E-state index contributed by atoms with van der Waals surface area (Å²) in [5, 5.41) is 4.43. The molecule has 13 heavy (non-hydrogen) atoms. The maximum Gasteiger partial charge on any atom is 0.0593 e. The Hall–Kier alpha value is -0.830. The lowest BCUT2D eigenvalue weighted by molar-refractivity contribution is 0.300. The molecule has 0 aromatic carbocycles. The van der Waals surface area contributed by atoms with Crippen molar-refractivity contribution in [3.05, 3.63) is 18.0 Å². The number of nitrogens with two attached hydrogens (primary N) is 1. The van der Waals surface area contributed by atoms with Gasteiger partial charge in [-0.1, -0.05) is 0 Å². The van der Waals surface area contributed by atoms with Gasteiger partial charge in [-0.3, -0.25) is 4.68 Å². The van der Waals surface area contributed by atoms with Crippen LogP contribution < -0.4 is 5.73 Å². The van der Waals surface area contributed by atoms with Crippen LogP contribution in [0.4, 0.5) is 0 Å². The molecule has 1 saturated carbocycles. The molecule has 2 unspecified atom stereocenters. The second kappa shape index (κ2) is 3.50. The van der Waals surface area contributed by atoms with Gasteiger partial charge in [-0.25, -0.2) is 0 Å². The third-order valence-corrected chi connectivity index (χ3v) is 2.80.